The number of ether oxygens (including phenoxy) is 1. The lowest BCUT2D eigenvalue weighted by atomic mass is 9.91. The van der Waals surface area contributed by atoms with Crippen molar-refractivity contribution in [2.75, 3.05) is 19.0 Å². The normalized spacial score (nSPS) is 15.3. The van der Waals surface area contributed by atoms with Crippen LogP contribution in [0, 0.1) is 5.92 Å². The van der Waals surface area contributed by atoms with Crippen molar-refractivity contribution in [3.8, 4) is 5.75 Å². The van der Waals surface area contributed by atoms with Crippen LogP contribution in [0.5, 0.6) is 5.75 Å². The van der Waals surface area contributed by atoms with Gasteiger partial charge in [0.2, 0.25) is 0 Å². The summed E-state index contributed by atoms with van der Waals surface area (Å²) >= 11 is 0. The molecule has 0 aromatic heterocycles. The number of benzene rings is 1. The standard InChI is InChI=1S/C14H18F5NO2/c1-3-9(8-21)12(13(15,16)14(17,18)19)20-10-4-6-11(22-2)7-5-10/h4-7,9,12,20-21H,3,8H2,1-2H3/t9-,12-/m0/s1. The van der Waals surface area contributed by atoms with Crippen molar-refractivity contribution in [3.05, 3.63) is 24.3 Å². The molecular formula is C14H18F5NO2. The first-order valence-corrected chi connectivity index (χ1v) is 6.63. The third-order valence-corrected chi connectivity index (χ3v) is 3.41. The molecule has 0 aliphatic heterocycles. The Morgan fingerprint density at radius 2 is 1.68 bits per heavy atom. The fourth-order valence-corrected chi connectivity index (χ4v) is 2.02. The molecule has 22 heavy (non-hydrogen) atoms. The lowest BCUT2D eigenvalue weighted by Gasteiger charge is -2.34. The summed E-state index contributed by atoms with van der Waals surface area (Å²) in [4.78, 5) is 0. The van der Waals surface area contributed by atoms with Crippen LogP contribution in [0.1, 0.15) is 13.3 Å². The van der Waals surface area contributed by atoms with Gasteiger partial charge in [-0.05, 0) is 30.7 Å². The van der Waals surface area contributed by atoms with Crippen LogP contribution in [0.15, 0.2) is 24.3 Å². The number of rotatable bonds is 7. The van der Waals surface area contributed by atoms with Crippen LogP contribution in [-0.2, 0) is 0 Å². The lowest BCUT2D eigenvalue weighted by Crippen LogP contribution is -2.54. The molecule has 0 aliphatic carbocycles. The van der Waals surface area contributed by atoms with Crippen molar-refractivity contribution < 1.29 is 31.8 Å². The van der Waals surface area contributed by atoms with E-state index in [0.29, 0.717) is 5.75 Å². The number of anilines is 1. The average Bonchev–Trinajstić information content (AvgIpc) is 2.46. The van der Waals surface area contributed by atoms with E-state index in [-0.39, 0.29) is 12.1 Å². The molecule has 2 atom stereocenters. The van der Waals surface area contributed by atoms with Crippen LogP contribution in [0.4, 0.5) is 27.6 Å². The highest BCUT2D eigenvalue weighted by Crippen LogP contribution is 2.42. The van der Waals surface area contributed by atoms with E-state index in [1.54, 1.807) is 0 Å². The molecule has 0 amide bonds. The monoisotopic (exact) mass is 327 g/mol. The van der Waals surface area contributed by atoms with Gasteiger partial charge in [-0.25, -0.2) is 0 Å². The molecule has 0 saturated heterocycles. The van der Waals surface area contributed by atoms with Crippen LogP contribution >= 0.6 is 0 Å². The van der Waals surface area contributed by atoms with Gasteiger partial charge in [0.15, 0.2) is 0 Å². The highest BCUT2D eigenvalue weighted by molar-refractivity contribution is 5.47. The minimum atomic E-state index is -5.71. The molecule has 0 bridgehead atoms. The van der Waals surface area contributed by atoms with Gasteiger partial charge in [0.25, 0.3) is 0 Å². The summed E-state index contributed by atoms with van der Waals surface area (Å²) in [7, 11) is 1.40. The second-order valence-corrected chi connectivity index (χ2v) is 4.82. The zero-order chi connectivity index (χ0) is 17.0. The van der Waals surface area contributed by atoms with Crippen LogP contribution in [-0.4, -0.2) is 37.0 Å². The summed E-state index contributed by atoms with van der Waals surface area (Å²) in [6.07, 6.45) is -5.74. The molecule has 0 spiro atoms. The van der Waals surface area contributed by atoms with Gasteiger partial charge in [0, 0.05) is 18.2 Å². The van der Waals surface area contributed by atoms with Gasteiger partial charge in [-0.15, -0.1) is 0 Å². The molecule has 0 aliphatic rings. The van der Waals surface area contributed by atoms with Crippen molar-refractivity contribution in [2.24, 2.45) is 5.92 Å². The molecule has 8 heteroatoms. The average molecular weight is 327 g/mol. The quantitative estimate of drug-likeness (QED) is 0.751. The largest absolute Gasteiger partial charge is 0.497 e. The zero-order valence-corrected chi connectivity index (χ0v) is 12.1. The van der Waals surface area contributed by atoms with E-state index >= 15 is 0 Å². The van der Waals surface area contributed by atoms with Gasteiger partial charge in [0.1, 0.15) is 11.8 Å². The van der Waals surface area contributed by atoms with Crippen molar-refractivity contribution in [3.63, 3.8) is 0 Å². The Labute approximate surface area is 125 Å². The highest BCUT2D eigenvalue weighted by atomic mass is 19.4. The number of alkyl halides is 5. The molecule has 0 saturated carbocycles. The zero-order valence-electron chi connectivity index (χ0n) is 12.1. The maximum Gasteiger partial charge on any atom is 0.455 e. The smallest absolute Gasteiger partial charge is 0.455 e. The predicted octanol–water partition coefficient (Wildman–Crippen LogP) is 3.69. The van der Waals surface area contributed by atoms with E-state index < -0.39 is 30.7 Å². The minimum absolute atomic E-state index is 0.0318. The summed E-state index contributed by atoms with van der Waals surface area (Å²) in [5.41, 5.74) is 0.0848. The Kier molecular flexibility index (Phi) is 5.99. The molecule has 3 nitrogen and oxygen atoms in total. The van der Waals surface area contributed by atoms with Gasteiger partial charge in [-0.2, -0.15) is 22.0 Å². The van der Waals surface area contributed by atoms with Crippen LogP contribution in [0.2, 0.25) is 0 Å². The maximum absolute atomic E-state index is 13.7. The van der Waals surface area contributed by atoms with Crippen molar-refractivity contribution in [1.82, 2.24) is 0 Å². The summed E-state index contributed by atoms with van der Waals surface area (Å²) in [5.74, 6) is -5.78. The Hall–Kier alpha value is -1.57. The summed E-state index contributed by atoms with van der Waals surface area (Å²) < 4.78 is 70.3. The number of hydrogen-bond acceptors (Lipinski definition) is 3. The lowest BCUT2D eigenvalue weighted by molar-refractivity contribution is -0.292. The molecule has 1 rings (SSSR count). The Morgan fingerprint density at radius 3 is 2.05 bits per heavy atom. The molecule has 0 unspecified atom stereocenters. The molecule has 1 aromatic rings. The second kappa shape index (κ2) is 7.13. The van der Waals surface area contributed by atoms with Crippen LogP contribution in [0.25, 0.3) is 0 Å². The van der Waals surface area contributed by atoms with Gasteiger partial charge in [0.05, 0.1) is 7.11 Å². The fraction of sp³-hybridized carbons (Fsp3) is 0.571. The second-order valence-electron chi connectivity index (χ2n) is 4.82. The van der Waals surface area contributed by atoms with Crippen molar-refractivity contribution in [2.45, 2.75) is 31.5 Å². The molecule has 126 valence electrons. The Bertz CT molecular complexity index is 457. The number of nitrogens with one attached hydrogen (secondary N) is 1. The van der Waals surface area contributed by atoms with Gasteiger partial charge < -0.3 is 15.2 Å². The molecule has 0 radical (unpaired) electrons. The fourth-order valence-electron chi connectivity index (χ4n) is 2.02. The van der Waals surface area contributed by atoms with E-state index in [0.717, 1.165) is 0 Å². The number of aliphatic hydroxyl groups is 1. The summed E-state index contributed by atoms with van der Waals surface area (Å²) in [5, 5.41) is 11.3. The number of hydrogen-bond donors (Lipinski definition) is 2. The SMILES string of the molecule is CC[C@@H](CO)[C@H](Nc1ccc(OC)cc1)C(F)(F)C(F)(F)F. The molecule has 2 N–H and O–H groups in total. The van der Waals surface area contributed by atoms with E-state index in [9.17, 15) is 22.0 Å². The van der Waals surface area contributed by atoms with E-state index in [1.165, 1.54) is 38.3 Å². The minimum Gasteiger partial charge on any atom is -0.497 e. The first kappa shape index (κ1) is 18.5. The number of methoxy groups -OCH3 is 1. The highest BCUT2D eigenvalue weighted by Gasteiger charge is 2.63. The van der Waals surface area contributed by atoms with Gasteiger partial charge >= 0.3 is 12.1 Å². The first-order valence-electron chi connectivity index (χ1n) is 6.63. The van der Waals surface area contributed by atoms with Gasteiger partial charge in [-0.3, -0.25) is 0 Å². The Balaban J connectivity index is 3.09. The first-order chi connectivity index (χ1) is 10.2. The summed E-state index contributed by atoms with van der Waals surface area (Å²) in [6, 6.07) is 3.27. The number of aliphatic hydroxyl groups excluding tert-OH is 1. The topological polar surface area (TPSA) is 41.5 Å². The van der Waals surface area contributed by atoms with Crippen molar-refractivity contribution in [1.29, 1.82) is 0 Å². The molecule has 1 aromatic carbocycles. The third-order valence-electron chi connectivity index (χ3n) is 3.41. The maximum atomic E-state index is 13.7. The molecular weight excluding hydrogens is 309 g/mol. The van der Waals surface area contributed by atoms with E-state index in [2.05, 4.69) is 5.32 Å². The number of halogens is 5. The third kappa shape index (κ3) is 4.00. The Morgan fingerprint density at radius 1 is 1.14 bits per heavy atom. The predicted molar refractivity (Wildman–Crippen MR) is 72.3 cm³/mol. The molecule has 0 fully saturated rings. The van der Waals surface area contributed by atoms with E-state index in [4.69, 9.17) is 9.84 Å². The van der Waals surface area contributed by atoms with Crippen molar-refractivity contribution >= 4 is 5.69 Å². The van der Waals surface area contributed by atoms with Crippen LogP contribution in [0.3, 0.4) is 0 Å². The summed E-state index contributed by atoms with van der Waals surface area (Å²) in [6.45, 7) is 0.659. The van der Waals surface area contributed by atoms with Crippen LogP contribution < -0.4 is 10.1 Å². The molecule has 0 heterocycles. The van der Waals surface area contributed by atoms with E-state index in [1.807, 2.05) is 0 Å². The van der Waals surface area contributed by atoms with Gasteiger partial charge in [-0.1, -0.05) is 6.92 Å².